The van der Waals surface area contributed by atoms with Crippen molar-refractivity contribution in [1.82, 2.24) is 14.8 Å². The van der Waals surface area contributed by atoms with Gasteiger partial charge in [0.15, 0.2) is 5.16 Å². The van der Waals surface area contributed by atoms with E-state index >= 15 is 0 Å². The molecule has 1 aromatic carbocycles. The summed E-state index contributed by atoms with van der Waals surface area (Å²) in [4.78, 5) is 13.2. The predicted molar refractivity (Wildman–Crippen MR) is 96.5 cm³/mol. The van der Waals surface area contributed by atoms with Gasteiger partial charge in [0.1, 0.15) is 6.54 Å². The summed E-state index contributed by atoms with van der Waals surface area (Å²) in [6.45, 7) is 0.656. The fourth-order valence-electron chi connectivity index (χ4n) is 2.71. The van der Waals surface area contributed by atoms with Crippen LogP contribution in [-0.2, 0) is 21.8 Å². The first-order valence-electron chi connectivity index (χ1n) is 8.50. The Hall–Kier alpha value is -2.27. The number of alkyl halides is 3. The molecule has 28 heavy (non-hydrogen) atoms. The van der Waals surface area contributed by atoms with Crippen LogP contribution in [0, 0.1) is 0 Å². The van der Waals surface area contributed by atoms with Crippen molar-refractivity contribution in [2.45, 2.75) is 23.6 Å². The summed E-state index contributed by atoms with van der Waals surface area (Å²) < 4.78 is 50.3. The molecule has 0 amide bonds. The second-order valence-corrected chi connectivity index (χ2v) is 7.00. The van der Waals surface area contributed by atoms with Gasteiger partial charge in [0.25, 0.3) is 0 Å². The van der Waals surface area contributed by atoms with Gasteiger partial charge in [0.2, 0.25) is 5.95 Å². The molecule has 0 unspecified atom stereocenters. The molecule has 0 atom stereocenters. The molecule has 2 aromatic rings. The maximum absolute atomic E-state index is 13.1. The number of halogens is 3. The van der Waals surface area contributed by atoms with E-state index < -0.39 is 18.7 Å². The molecule has 2 heterocycles. The first-order valence-corrected chi connectivity index (χ1v) is 9.48. The van der Waals surface area contributed by atoms with Crippen molar-refractivity contribution < 1.29 is 27.4 Å². The van der Waals surface area contributed by atoms with Crippen LogP contribution in [-0.4, -0.2) is 60.3 Å². The Kier molecular flexibility index (Phi) is 6.45. The molecule has 0 N–H and O–H groups in total. The van der Waals surface area contributed by atoms with Crippen molar-refractivity contribution in [3.05, 3.63) is 35.4 Å². The first-order chi connectivity index (χ1) is 13.4. The highest BCUT2D eigenvalue weighted by molar-refractivity contribution is 7.98. The molecule has 0 bridgehead atoms. The number of aromatic nitrogens is 3. The number of esters is 1. The molecule has 1 saturated heterocycles. The van der Waals surface area contributed by atoms with Crippen molar-refractivity contribution in [1.29, 1.82) is 0 Å². The molecule has 0 saturated carbocycles. The number of carbonyl (C=O) groups is 1. The lowest BCUT2D eigenvalue weighted by atomic mass is 10.1. The molecule has 1 fully saturated rings. The SMILES string of the molecule is COC(=O)c1ccc(CSc2nnc(N3CCOCC3)n2CC(F)(F)F)cc1. The average Bonchev–Trinajstić information content (AvgIpc) is 3.07. The number of rotatable bonds is 6. The maximum Gasteiger partial charge on any atom is 0.406 e. The number of ether oxygens (including phenoxy) is 2. The van der Waals surface area contributed by atoms with E-state index in [2.05, 4.69) is 14.9 Å². The number of benzene rings is 1. The van der Waals surface area contributed by atoms with Crippen LogP contribution in [0.15, 0.2) is 29.4 Å². The molecular weight excluding hydrogens is 397 g/mol. The lowest BCUT2D eigenvalue weighted by Gasteiger charge is -2.28. The summed E-state index contributed by atoms with van der Waals surface area (Å²) in [5.41, 5.74) is 1.25. The average molecular weight is 416 g/mol. The van der Waals surface area contributed by atoms with Crippen molar-refractivity contribution in [2.24, 2.45) is 0 Å². The fraction of sp³-hybridized carbons (Fsp3) is 0.471. The number of carbonyl (C=O) groups excluding carboxylic acids is 1. The lowest BCUT2D eigenvalue weighted by molar-refractivity contribution is -0.141. The Bertz CT molecular complexity index is 805. The van der Waals surface area contributed by atoms with Crippen LogP contribution in [0.2, 0.25) is 0 Å². The Morgan fingerprint density at radius 2 is 1.89 bits per heavy atom. The molecular formula is C17H19F3N4O3S. The van der Waals surface area contributed by atoms with Gasteiger partial charge >= 0.3 is 12.1 Å². The Balaban J connectivity index is 1.75. The van der Waals surface area contributed by atoms with E-state index in [1.165, 1.54) is 7.11 Å². The number of morpholine rings is 1. The van der Waals surface area contributed by atoms with Crippen LogP contribution in [0.3, 0.4) is 0 Å². The molecule has 0 aliphatic carbocycles. The Labute approximate surface area is 163 Å². The number of thioether (sulfide) groups is 1. The van der Waals surface area contributed by atoms with Crippen molar-refractivity contribution >= 4 is 23.7 Å². The largest absolute Gasteiger partial charge is 0.465 e. The molecule has 7 nitrogen and oxygen atoms in total. The number of nitrogens with zero attached hydrogens (tertiary/aromatic N) is 4. The van der Waals surface area contributed by atoms with Crippen molar-refractivity contribution in [2.75, 3.05) is 38.3 Å². The van der Waals surface area contributed by atoms with E-state index in [0.29, 0.717) is 37.6 Å². The quantitative estimate of drug-likeness (QED) is 0.530. The van der Waals surface area contributed by atoms with Crippen LogP contribution in [0.5, 0.6) is 0 Å². The van der Waals surface area contributed by atoms with Gasteiger partial charge in [-0.2, -0.15) is 13.2 Å². The summed E-state index contributed by atoms with van der Waals surface area (Å²) in [6, 6.07) is 6.68. The lowest BCUT2D eigenvalue weighted by Crippen LogP contribution is -2.38. The third-order valence-electron chi connectivity index (χ3n) is 4.07. The Morgan fingerprint density at radius 3 is 2.50 bits per heavy atom. The van der Waals surface area contributed by atoms with E-state index in [4.69, 9.17) is 4.74 Å². The number of hydrogen-bond donors (Lipinski definition) is 0. The van der Waals surface area contributed by atoms with Gasteiger partial charge in [-0.15, -0.1) is 10.2 Å². The van der Waals surface area contributed by atoms with Gasteiger partial charge < -0.3 is 14.4 Å². The zero-order chi connectivity index (χ0) is 20.1. The molecule has 11 heteroatoms. The summed E-state index contributed by atoms with van der Waals surface area (Å²) in [7, 11) is 1.30. The van der Waals surface area contributed by atoms with Crippen LogP contribution in [0.1, 0.15) is 15.9 Å². The highest BCUT2D eigenvalue weighted by atomic mass is 32.2. The number of methoxy groups -OCH3 is 1. The van der Waals surface area contributed by atoms with Crippen molar-refractivity contribution in [3.8, 4) is 0 Å². The first kappa shape index (κ1) is 20.5. The van der Waals surface area contributed by atoms with Gasteiger partial charge in [-0.1, -0.05) is 23.9 Å². The summed E-state index contributed by atoms with van der Waals surface area (Å²) in [5, 5.41) is 8.15. The van der Waals surface area contributed by atoms with E-state index in [9.17, 15) is 18.0 Å². The van der Waals surface area contributed by atoms with Gasteiger partial charge in [-0.05, 0) is 17.7 Å². The van der Waals surface area contributed by atoms with E-state index in [1.54, 1.807) is 29.2 Å². The van der Waals surface area contributed by atoms with E-state index in [1.807, 2.05) is 0 Å². The smallest absolute Gasteiger partial charge is 0.406 e. The van der Waals surface area contributed by atoms with Gasteiger partial charge in [-0.3, -0.25) is 4.57 Å². The topological polar surface area (TPSA) is 69.5 Å². The maximum atomic E-state index is 13.1. The van der Waals surface area contributed by atoms with Crippen LogP contribution < -0.4 is 4.90 Å². The molecule has 0 radical (unpaired) electrons. The Morgan fingerprint density at radius 1 is 1.21 bits per heavy atom. The summed E-state index contributed by atoms with van der Waals surface area (Å²) in [6.07, 6.45) is -4.39. The van der Waals surface area contributed by atoms with Gasteiger partial charge in [0.05, 0.1) is 25.9 Å². The van der Waals surface area contributed by atoms with E-state index in [0.717, 1.165) is 21.9 Å². The summed E-state index contributed by atoms with van der Waals surface area (Å²) in [5.74, 6) is 0.143. The number of hydrogen-bond acceptors (Lipinski definition) is 7. The number of anilines is 1. The molecule has 1 aliphatic rings. The van der Waals surface area contributed by atoms with Gasteiger partial charge in [-0.25, -0.2) is 4.79 Å². The van der Waals surface area contributed by atoms with Crippen LogP contribution >= 0.6 is 11.8 Å². The highest BCUT2D eigenvalue weighted by Gasteiger charge is 2.32. The zero-order valence-corrected chi connectivity index (χ0v) is 15.9. The molecule has 1 aromatic heterocycles. The molecule has 3 rings (SSSR count). The normalized spacial score (nSPS) is 14.9. The predicted octanol–water partition coefficient (Wildman–Crippen LogP) is 2.76. The minimum atomic E-state index is -4.39. The highest BCUT2D eigenvalue weighted by Crippen LogP contribution is 2.29. The second kappa shape index (κ2) is 8.82. The minimum Gasteiger partial charge on any atom is -0.465 e. The minimum absolute atomic E-state index is 0.191. The fourth-order valence-corrected chi connectivity index (χ4v) is 3.59. The van der Waals surface area contributed by atoms with Crippen LogP contribution in [0.4, 0.5) is 19.1 Å². The van der Waals surface area contributed by atoms with Gasteiger partial charge in [0, 0.05) is 18.8 Å². The summed E-state index contributed by atoms with van der Waals surface area (Å²) >= 11 is 1.16. The van der Waals surface area contributed by atoms with Crippen molar-refractivity contribution in [3.63, 3.8) is 0 Å². The zero-order valence-electron chi connectivity index (χ0n) is 15.1. The third kappa shape index (κ3) is 5.16. The van der Waals surface area contributed by atoms with Crippen LogP contribution in [0.25, 0.3) is 0 Å². The standard InChI is InChI=1S/C17H19F3N4O3S/c1-26-14(25)13-4-2-12(3-5-13)10-28-16-22-21-15(23-6-8-27-9-7-23)24(16)11-17(18,19)20/h2-5H,6-11H2,1H3. The molecule has 0 spiro atoms. The second-order valence-electron chi connectivity index (χ2n) is 6.06. The monoisotopic (exact) mass is 416 g/mol. The molecule has 152 valence electrons. The van der Waals surface area contributed by atoms with E-state index in [-0.39, 0.29) is 11.1 Å². The third-order valence-corrected chi connectivity index (χ3v) is 5.11. The molecule has 1 aliphatic heterocycles.